The first kappa shape index (κ1) is 13.5. The molecule has 1 aliphatic rings. The number of halogens is 1. The van der Waals surface area contributed by atoms with Crippen molar-refractivity contribution in [3.8, 4) is 5.75 Å². The zero-order chi connectivity index (χ0) is 14.1. The molecule has 4 nitrogen and oxygen atoms in total. The van der Waals surface area contributed by atoms with E-state index in [-0.39, 0.29) is 0 Å². The number of aryl methyl sites for hydroxylation is 2. The van der Waals surface area contributed by atoms with E-state index in [1.807, 2.05) is 6.92 Å². The van der Waals surface area contributed by atoms with Gasteiger partial charge in [0.25, 0.3) is 0 Å². The normalized spacial score (nSPS) is 13.2. The Kier molecular flexibility index (Phi) is 3.70. The fraction of sp³-hybridized carbons (Fsp3) is 0.400. The molecule has 0 radical (unpaired) electrons. The number of aromatic nitrogens is 2. The number of imidazole rings is 1. The quantitative estimate of drug-likeness (QED) is 0.929. The van der Waals surface area contributed by atoms with Crippen molar-refractivity contribution in [1.29, 1.82) is 0 Å². The maximum atomic E-state index is 5.75. The Balaban J connectivity index is 1.82. The van der Waals surface area contributed by atoms with Gasteiger partial charge in [-0.25, -0.2) is 4.98 Å². The van der Waals surface area contributed by atoms with Crippen LogP contribution in [0.3, 0.4) is 0 Å². The Hall–Kier alpha value is -1.49. The van der Waals surface area contributed by atoms with Gasteiger partial charge in [0.1, 0.15) is 5.75 Å². The molecule has 0 unspecified atom stereocenters. The maximum absolute atomic E-state index is 5.75. The highest BCUT2D eigenvalue weighted by Gasteiger charge is 2.17. The second kappa shape index (κ2) is 5.48. The van der Waals surface area contributed by atoms with E-state index in [0.717, 1.165) is 48.0 Å². The van der Waals surface area contributed by atoms with E-state index in [2.05, 4.69) is 56.1 Å². The number of rotatable bonds is 4. The number of hydrogen-bond donors (Lipinski definition) is 1. The van der Waals surface area contributed by atoms with E-state index in [1.165, 1.54) is 11.1 Å². The molecule has 20 heavy (non-hydrogen) atoms. The molecule has 0 bridgehead atoms. The predicted octanol–water partition coefficient (Wildman–Crippen LogP) is 3.52. The molecule has 0 fully saturated rings. The lowest BCUT2D eigenvalue weighted by Crippen LogP contribution is -2.07. The Morgan fingerprint density at radius 3 is 3.10 bits per heavy atom. The average Bonchev–Trinajstić information content (AvgIpc) is 3.01. The Labute approximate surface area is 127 Å². The summed E-state index contributed by atoms with van der Waals surface area (Å²) in [6.45, 7) is 6.54. The first-order valence-corrected chi connectivity index (χ1v) is 7.68. The summed E-state index contributed by atoms with van der Waals surface area (Å²) in [6.07, 6.45) is 3.05. The minimum absolute atomic E-state index is 0.720. The number of anilines is 1. The van der Waals surface area contributed by atoms with Crippen LogP contribution in [0, 0.1) is 6.92 Å². The third-order valence-corrected chi connectivity index (χ3v) is 3.96. The topological polar surface area (TPSA) is 39.1 Å². The molecule has 0 atom stereocenters. The highest BCUT2D eigenvalue weighted by atomic mass is 79.9. The summed E-state index contributed by atoms with van der Waals surface area (Å²) in [5.74, 6) is 1.95. The number of hydrogen-bond acceptors (Lipinski definition) is 3. The van der Waals surface area contributed by atoms with Crippen molar-refractivity contribution in [2.75, 3.05) is 11.9 Å². The van der Waals surface area contributed by atoms with Gasteiger partial charge in [0.05, 0.1) is 12.3 Å². The van der Waals surface area contributed by atoms with Gasteiger partial charge in [-0.3, -0.25) is 0 Å². The molecule has 1 aliphatic heterocycles. The van der Waals surface area contributed by atoms with Gasteiger partial charge in [-0.1, -0.05) is 15.9 Å². The van der Waals surface area contributed by atoms with Gasteiger partial charge in [-0.2, -0.15) is 0 Å². The van der Waals surface area contributed by atoms with Crippen LogP contribution in [0.5, 0.6) is 5.75 Å². The van der Waals surface area contributed by atoms with Crippen LogP contribution in [-0.4, -0.2) is 16.2 Å². The molecule has 2 heterocycles. The molecule has 2 aromatic rings. The SMILES string of the molecule is CCn1cc(C)nc1NCc1cc(Br)cc2c1OCC2. The third kappa shape index (κ3) is 2.54. The van der Waals surface area contributed by atoms with Crippen LogP contribution < -0.4 is 10.1 Å². The Bertz CT molecular complexity index is 636. The molecule has 0 saturated carbocycles. The highest BCUT2D eigenvalue weighted by molar-refractivity contribution is 9.10. The third-order valence-electron chi connectivity index (χ3n) is 3.50. The Morgan fingerprint density at radius 1 is 1.45 bits per heavy atom. The lowest BCUT2D eigenvalue weighted by Gasteiger charge is -2.11. The largest absolute Gasteiger partial charge is 0.493 e. The first-order chi connectivity index (χ1) is 9.67. The minimum atomic E-state index is 0.720. The lowest BCUT2D eigenvalue weighted by atomic mass is 10.1. The van der Waals surface area contributed by atoms with E-state index in [4.69, 9.17) is 4.74 Å². The summed E-state index contributed by atoms with van der Waals surface area (Å²) in [5, 5.41) is 3.41. The molecule has 1 aromatic heterocycles. The first-order valence-electron chi connectivity index (χ1n) is 6.89. The van der Waals surface area contributed by atoms with Crippen molar-refractivity contribution < 1.29 is 4.74 Å². The predicted molar refractivity (Wildman–Crippen MR) is 83.3 cm³/mol. The maximum Gasteiger partial charge on any atom is 0.203 e. The molecule has 5 heteroatoms. The fourth-order valence-corrected chi connectivity index (χ4v) is 3.13. The van der Waals surface area contributed by atoms with Crippen molar-refractivity contribution in [2.45, 2.75) is 33.4 Å². The molecule has 0 spiro atoms. The van der Waals surface area contributed by atoms with E-state index in [9.17, 15) is 0 Å². The van der Waals surface area contributed by atoms with Gasteiger partial charge in [0, 0.05) is 35.7 Å². The molecular formula is C15H18BrN3O. The average molecular weight is 336 g/mol. The highest BCUT2D eigenvalue weighted by Crippen LogP contribution is 2.33. The lowest BCUT2D eigenvalue weighted by molar-refractivity contribution is 0.354. The van der Waals surface area contributed by atoms with E-state index < -0.39 is 0 Å². The number of fused-ring (bicyclic) bond motifs is 1. The van der Waals surface area contributed by atoms with Crippen LogP contribution in [0.15, 0.2) is 22.8 Å². The van der Waals surface area contributed by atoms with Crippen LogP contribution in [0.25, 0.3) is 0 Å². The smallest absolute Gasteiger partial charge is 0.203 e. The van der Waals surface area contributed by atoms with Crippen molar-refractivity contribution in [2.24, 2.45) is 0 Å². The molecule has 1 aromatic carbocycles. The summed E-state index contributed by atoms with van der Waals surface area (Å²) in [4.78, 5) is 4.51. The van der Waals surface area contributed by atoms with Gasteiger partial charge in [-0.15, -0.1) is 0 Å². The standard InChI is InChI=1S/C15H18BrN3O/c1-3-19-9-10(2)18-15(19)17-8-12-7-13(16)6-11-4-5-20-14(11)12/h6-7,9H,3-5,8H2,1-2H3,(H,17,18). The van der Waals surface area contributed by atoms with Gasteiger partial charge in [0.2, 0.25) is 5.95 Å². The van der Waals surface area contributed by atoms with Gasteiger partial charge < -0.3 is 14.6 Å². The monoisotopic (exact) mass is 335 g/mol. The van der Waals surface area contributed by atoms with Crippen LogP contribution in [0.2, 0.25) is 0 Å². The molecular weight excluding hydrogens is 318 g/mol. The second-order valence-corrected chi connectivity index (χ2v) is 5.91. The second-order valence-electron chi connectivity index (χ2n) is 5.00. The summed E-state index contributed by atoms with van der Waals surface area (Å²) in [5.41, 5.74) is 3.49. The van der Waals surface area contributed by atoms with Crippen molar-refractivity contribution >= 4 is 21.9 Å². The zero-order valence-electron chi connectivity index (χ0n) is 11.7. The number of nitrogens with zero attached hydrogens (tertiary/aromatic N) is 2. The number of nitrogens with one attached hydrogen (secondary N) is 1. The van der Waals surface area contributed by atoms with Gasteiger partial charge >= 0.3 is 0 Å². The van der Waals surface area contributed by atoms with Crippen LogP contribution >= 0.6 is 15.9 Å². The summed E-state index contributed by atoms with van der Waals surface area (Å²) < 4.78 is 8.97. The van der Waals surface area contributed by atoms with Crippen LogP contribution in [-0.2, 0) is 19.5 Å². The van der Waals surface area contributed by atoms with Crippen LogP contribution in [0.1, 0.15) is 23.7 Å². The molecule has 0 aliphatic carbocycles. The molecule has 0 amide bonds. The van der Waals surface area contributed by atoms with Crippen LogP contribution in [0.4, 0.5) is 5.95 Å². The van der Waals surface area contributed by atoms with Gasteiger partial charge in [-0.05, 0) is 31.5 Å². The van der Waals surface area contributed by atoms with E-state index >= 15 is 0 Å². The zero-order valence-corrected chi connectivity index (χ0v) is 13.3. The molecule has 0 saturated heterocycles. The molecule has 106 valence electrons. The fourth-order valence-electron chi connectivity index (χ4n) is 2.58. The summed E-state index contributed by atoms with van der Waals surface area (Å²) in [6, 6.07) is 4.26. The number of ether oxygens (including phenoxy) is 1. The summed E-state index contributed by atoms with van der Waals surface area (Å²) >= 11 is 3.57. The molecule has 1 N–H and O–H groups in total. The van der Waals surface area contributed by atoms with Crippen molar-refractivity contribution in [1.82, 2.24) is 9.55 Å². The van der Waals surface area contributed by atoms with E-state index in [0.29, 0.717) is 0 Å². The number of benzene rings is 1. The molecule has 3 rings (SSSR count). The van der Waals surface area contributed by atoms with Gasteiger partial charge in [0.15, 0.2) is 0 Å². The van der Waals surface area contributed by atoms with E-state index in [1.54, 1.807) is 0 Å². The minimum Gasteiger partial charge on any atom is -0.493 e. The Morgan fingerprint density at radius 2 is 2.30 bits per heavy atom. The van der Waals surface area contributed by atoms with Crippen molar-refractivity contribution in [3.05, 3.63) is 39.6 Å². The summed E-state index contributed by atoms with van der Waals surface area (Å²) in [7, 11) is 0. The van der Waals surface area contributed by atoms with Crippen molar-refractivity contribution in [3.63, 3.8) is 0 Å².